The van der Waals surface area contributed by atoms with E-state index in [1.807, 2.05) is 6.08 Å². The first-order valence-electron chi connectivity index (χ1n) is 15.5. The van der Waals surface area contributed by atoms with E-state index in [2.05, 4.69) is 19.2 Å². The second kappa shape index (κ2) is 27.1. The summed E-state index contributed by atoms with van der Waals surface area (Å²) in [5, 5.41) is 32.7. The van der Waals surface area contributed by atoms with Gasteiger partial charge in [-0.2, -0.15) is 0 Å². The molecule has 0 aromatic heterocycles. The van der Waals surface area contributed by atoms with Crippen LogP contribution in [0.25, 0.3) is 0 Å². The van der Waals surface area contributed by atoms with Crippen molar-refractivity contribution in [1.29, 1.82) is 0 Å². The summed E-state index contributed by atoms with van der Waals surface area (Å²) in [5.74, 6) is -0.507. The Hall–Kier alpha value is -0.910. The fourth-order valence-electron chi connectivity index (χ4n) is 4.59. The van der Waals surface area contributed by atoms with Gasteiger partial charge in [-0.25, -0.2) is 0 Å². The zero-order valence-electron chi connectivity index (χ0n) is 23.9. The maximum atomic E-state index is 12.3. The first-order chi connectivity index (χ1) is 17.6. The summed E-state index contributed by atoms with van der Waals surface area (Å²) in [6.45, 7) is 4.12. The Bertz CT molecular complexity index is 497. The minimum atomic E-state index is -1.09. The summed E-state index contributed by atoms with van der Waals surface area (Å²) >= 11 is 0. The molecule has 0 aliphatic heterocycles. The number of hydrogen-bond donors (Lipinski definition) is 4. The number of nitrogens with one attached hydrogen (secondary N) is 1. The fraction of sp³-hybridized carbons (Fsp3) is 0.903. The van der Waals surface area contributed by atoms with Crippen molar-refractivity contribution in [3.63, 3.8) is 0 Å². The van der Waals surface area contributed by atoms with Crippen LogP contribution in [-0.4, -0.2) is 46.1 Å². The third-order valence-electron chi connectivity index (χ3n) is 7.13. The maximum Gasteiger partial charge on any atom is 0.249 e. The molecule has 0 aliphatic carbocycles. The largest absolute Gasteiger partial charge is 0.394 e. The Labute approximate surface area is 223 Å². The van der Waals surface area contributed by atoms with Crippen LogP contribution >= 0.6 is 0 Å². The van der Waals surface area contributed by atoms with E-state index in [1.54, 1.807) is 6.08 Å². The van der Waals surface area contributed by atoms with Crippen molar-refractivity contribution in [3.05, 3.63) is 12.2 Å². The van der Waals surface area contributed by atoms with Crippen molar-refractivity contribution >= 4 is 5.91 Å². The molecular weight excluding hydrogens is 450 g/mol. The highest BCUT2D eigenvalue weighted by Gasteiger charge is 2.22. The van der Waals surface area contributed by atoms with Crippen LogP contribution < -0.4 is 5.32 Å². The third kappa shape index (κ3) is 22.3. The van der Waals surface area contributed by atoms with E-state index in [0.717, 1.165) is 32.1 Å². The first kappa shape index (κ1) is 35.1. The van der Waals surface area contributed by atoms with Gasteiger partial charge in [0.1, 0.15) is 6.10 Å². The first-order valence-corrected chi connectivity index (χ1v) is 15.5. The molecule has 4 N–H and O–H groups in total. The van der Waals surface area contributed by atoms with Gasteiger partial charge in [0, 0.05) is 0 Å². The van der Waals surface area contributed by atoms with Gasteiger partial charge in [-0.05, 0) is 19.3 Å². The van der Waals surface area contributed by atoms with Gasteiger partial charge in [0.2, 0.25) is 5.91 Å². The molecule has 0 radical (unpaired) electrons. The molecule has 36 heavy (non-hydrogen) atoms. The smallest absolute Gasteiger partial charge is 0.249 e. The molecule has 3 atom stereocenters. The van der Waals surface area contributed by atoms with Crippen molar-refractivity contribution in [2.75, 3.05) is 6.61 Å². The van der Waals surface area contributed by atoms with Gasteiger partial charge in [-0.3, -0.25) is 4.79 Å². The Kier molecular flexibility index (Phi) is 26.4. The second-order valence-corrected chi connectivity index (χ2v) is 10.7. The Morgan fingerprint density at radius 1 is 0.667 bits per heavy atom. The SMILES string of the molecule is CCCCCCCCCCCC/C=C/C(O)C(CO)NC(=O)C(O)CCCCCCCCCCCC. The van der Waals surface area contributed by atoms with Crippen molar-refractivity contribution in [2.45, 2.75) is 173 Å². The van der Waals surface area contributed by atoms with E-state index in [-0.39, 0.29) is 6.61 Å². The lowest BCUT2D eigenvalue weighted by molar-refractivity contribution is -0.131. The molecule has 5 nitrogen and oxygen atoms in total. The molecule has 0 heterocycles. The number of rotatable bonds is 27. The van der Waals surface area contributed by atoms with Crippen molar-refractivity contribution < 1.29 is 20.1 Å². The van der Waals surface area contributed by atoms with Crippen molar-refractivity contribution in [2.24, 2.45) is 0 Å². The normalized spacial score (nSPS) is 14.2. The molecule has 0 rings (SSSR count). The minimum absolute atomic E-state index is 0.361. The molecule has 3 unspecified atom stereocenters. The van der Waals surface area contributed by atoms with Gasteiger partial charge in [0.05, 0.1) is 18.8 Å². The zero-order chi connectivity index (χ0) is 26.7. The van der Waals surface area contributed by atoms with Crippen LogP contribution in [0.2, 0.25) is 0 Å². The lowest BCUT2D eigenvalue weighted by Crippen LogP contribution is -2.48. The van der Waals surface area contributed by atoms with E-state index < -0.39 is 24.2 Å². The number of aliphatic hydroxyl groups is 3. The van der Waals surface area contributed by atoms with E-state index in [4.69, 9.17) is 0 Å². The molecule has 214 valence electrons. The van der Waals surface area contributed by atoms with Crippen LogP contribution in [0.3, 0.4) is 0 Å². The highest BCUT2D eigenvalue weighted by atomic mass is 16.3. The van der Waals surface area contributed by atoms with E-state index in [1.165, 1.54) is 103 Å². The van der Waals surface area contributed by atoms with Crippen LogP contribution in [0.15, 0.2) is 12.2 Å². The number of amides is 1. The van der Waals surface area contributed by atoms with Gasteiger partial charge in [0.25, 0.3) is 0 Å². The quantitative estimate of drug-likeness (QED) is 0.0685. The van der Waals surface area contributed by atoms with Crippen LogP contribution in [0, 0.1) is 0 Å². The molecule has 0 aromatic carbocycles. The average molecular weight is 512 g/mol. The molecule has 1 amide bonds. The average Bonchev–Trinajstić information content (AvgIpc) is 2.88. The summed E-state index contributed by atoms with van der Waals surface area (Å²) in [6.07, 6.45) is 27.9. The number of unbranched alkanes of at least 4 members (excludes halogenated alkanes) is 19. The number of carbonyl (C=O) groups is 1. The molecule has 0 aliphatic rings. The topological polar surface area (TPSA) is 89.8 Å². The van der Waals surface area contributed by atoms with Crippen LogP contribution in [-0.2, 0) is 4.79 Å². The molecule has 0 saturated heterocycles. The fourth-order valence-corrected chi connectivity index (χ4v) is 4.59. The van der Waals surface area contributed by atoms with Gasteiger partial charge in [-0.1, -0.05) is 148 Å². The highest BCUT2D eigenvalue weighted by Crippen LogP contribution is 2.13. The van der Waals surface area contributed by atoms with Gasteiger partial charge in [-0.15, -0.1) is 0 Å². The predicted molar refractivity (Wildman–Crippen MR) is 153 cm³/mol. The van der Waals surface area contributed by atoms with E-state index in [0.29, 0.717) is 6.42 Å². The lowest BCUT2D eigenvalue weighted by Gasteiger charge is -2.21. The number of carbonyl (C=O) groups excluding carboxylic acids is 1. The molecule has 0 fully saturated rings. The van der Waals surface area contributed by atoms with Crippen LogP contribution in [0.4, 0.5) is 0 Å². The maximum absolute atomic E-state index is 12.3. The van der Waals surface area contributed by atoms with Crippen molar-refractivity contribution in [1.82, 2.24) is 5.32 Å². The summed E-state index contributed by atoms with van der Waals surface area (Å²) in [5.41, 5.74) is 0. The Balaban J connectivity index is 3.83. The second-order valence-electron chi connectivity index (χ2n) is 10.7. The van der Waals surface area contributed by atoms with Crippen molar-refractivity contribution in [3.8, 4) is 0 Å². The molecular formula is C31H61NO4. The molecule has 0 spiro atoms. The van der Waals surface area contributed by atoms with Crippen LogP contribution in [0.1, 0.15) is 155 Å². The summed E-state index contributed by atoms with van der Waals surface area (Å²) < 4.78 is 0. The molecule has 5 heteroatoms. The molecule has 0 bridgehead atoms. The van der Waals surface area contributed by atoms with E-state index in [9.17, 15) is 20.1 Å². The standard InChI is InChI=1S/C31H61NO4/c1-3-5-7-9-11-13-15-16-18-19-21-23-25-29(34)28(27-33)32-31(36)30(35)26-24-22-20-17-14-12-10-8-6-4-2/h23,25,28-30,33-35H,3-22,24,26-27H2,1-2H3,(H,32,36)/b25-23+. The van der Waals surface area contributed by atoms with Gasteiger partial charge in [0.15, 0.2) is 0 Å². The monoisotopic (exact) mass is 511 g/mol. The number of aliphatic hydroxyl groups excluding tert-OH is 3. The molecule has 0 saturated carbocycles. The predicted octanol–water partition coefficient (Wildman–Crippen LogP) is 7.36. The summed E-state index contributed by atoms with van der Waals surface area (Å²) in [6, 6.07) is -0.788. The Morgan fingerprint density at radius 2 is 1.08 bits per heavy atom. The van der Waals surface area contributed by atoms with Gasteiger partial charge >= 0.3 is 0 Å². The minimum Gasteiger partial charge on any atom is -0.394 e. The van der Waals surface area contributed by atoms with E-state index >= 15 is 0 Å². The Morgan fingerprint density at radius 3 is 1.53 bits per heavy atom. The lowest BCUT2D eigenvalue weighted by atomic mass is 10.0. The highest BCUT2D eigenvalue weighted by molar-refractivity contribution is 5.80. The summed E-state index contributed by atoms with van der Waals surface area (Å²) in [4.78, 5) is 12.3. The number of hydrogen-bond acceptors (Lipinski definition) is 4. The molecule has 0 aromatic rings. The third-order valence-corrected chi connectivity index (χ3v) is 7.13. The van der Waals surface area contributed by atoms with Crippen LogP contribution in [0.5, 0.6) is 0 Å². The summed E-state index contributed by atoms with van der Waals surface area (Å²) in [7, 11) is 0. The van der Waals surface area contributed by atoms with Gasteiger partial charge < -0.3 is 20.6 Å². The zero-order valence-corrected chi connectivity index (χ0v) is 23.9. The number of allylic oxidation sites excluding steroid dienone is 1.